The van der Waals surface area contributed by atoms with Crippen molar-refractivity contribution in [2.75, 3.05) is 6.54 Å². The van der Waals surface area contributed by atoms with Crippen molar-refractivity contribution >= 4 is 11.8 Å². The van der Waals surface area contributed by atoms with Crippen molar-refractivity contribution in [1.29, 1.82) is 0 Å². The summed E-state index contributed by atoms with van der Waals surface area (Å²) in [6.45, 7) is 3.24. The summed E-state index contributed by atoms with van der Waals surface area (Å²) in [5.41, 5.74) is 0. The smallest absolute Gasteiger partial charge is 0.0507 e. The van der Waals surface area contributed by atoms with Gasteiger partial charge in [-0.3, -0.25) is 0 Å². The Morgan fingerprint density at radius 3 is 3.00 bits per heavy atom. The SMILES string of the molecule is CC1NC[CH]S1. The largest absolute Gasteiger partial charge is 0.304 e. The fourth-order valence-corrected chi connectivity index (χ4v) is 1.13. The molecule has 0 spiro atoms. The van der Waals surface area contributed by atoms with E-state index in [0.717, 1.165) is 6.54 Å². The molecule has 0 aromatic heterocycles. The van der Waals surface area contributed by atoms with E-state index >= 15 is 0 Å². The molecule has 1 heterocycles. The van der Waals surface area contributed by atoms with Crippen LogP contribution < -0.4 is 5.32 Å². The van der Waals surface area contributed by atoms with Gasteiger partial charge in [0, 0.05) is 12.3 Å². The molecule has 0 aromatic rings. The molecule has 0 amide bonds. The van der Waals surface area contributed by atoms with Gasteiger partial charge in [-0.1, -0.05) is 0 Å². The second-order valence-electron chi connectivity index (χ2n) is 1.35. The number of thioether (sulfide) groups is 1. The molecule has 1 nitrogen and oxygen atoms in total. The molecule has 35 valence electrons. The van der Waals surface area contributed by atoms with Crippen molar-refractivity contribution in [1.82, 2.24) is 5.32 Å². The molecule has 2 heteroatoms. The average molecular weight is 102 g/mol. The van der Waals surface area contributed by atoms with E-state index in [1.807, 2.05) is 11.8 Å². The molecule has 1 radical (unpaired) electrons. The maximum atomic E-state index is 3.23. The van der Waals surface area contributed by atoms with Crippen molar-refractivity contribution in [2.45, 2.75) is 12.3 Å². The van der Waals surface area contributed by atoms with Crippen molar-refractivity contribution in [3.8, 4) is 0 Å². The molecular weight excluding hydrogens is 94.1 g/mol. The lowest BCUT2D eigenvalue weighted by atomic mass is 10.7. The zero-order chi connectivity index (χ0) is 4.41. The van der Waals surface area contributed by atoms with Gasteiger partial charge in [-0.25, -0.2) is 0 Å². The highest BCUT2D eigenvalue weighted by molar-refractivity contribution is 8.02. The second kappa shape index (κ2) is 1.85. The summed E-state index contributed by atoms with van der Waals surface area (Å²) in [7, 11) is 0. The quantitative estimate of drug-likeness (QED) is 0.486. The Kier molecular flexibility index (Phi) is 1.37. The van der Waals surface area contributed by atoms with Crippen LogP contribution in [0, 0.1) is 5.75 Å². The minimum Gasteiger partial charge on any atom is -0.304 e. The number of hydrogen-bond acceptors (Lipinski definition) is 2. The summed E-state index contributed by atoms with van der Waals surface area (Å²) in [6.07, 6.45) is 0. The van der Waals surface area contributed by atoms with E-state index in [0.29, 0.717) is 5.37 Å². The van der Waals surface area contributed by atoms with Crippen LogP contribution in [-0.4, -0.2) is 11.9 Å². The average Bonchev–Trinajstić information content (AvgIpc) is 1.86. The number of nitrogens with one attached hydrogen (secondary N) is 1. The molecule has 0 aromatic carbocycles. The zero-order valence-electron chi connectivity index (χ0n) is 3.77. The summed E-state index contributed by atoms with van der Waals surface area (Å²) >= 11 is 1.86. The van der Waals surface area contributed by atoms with Gasteiger partial charge in [0.05, 0.1) is 5.37 Å². The molecule has 1 N–H and O–H groups in total. The molecule has 1 aliphatic heterocycles. The second-order valence-corrected chi connectivity index (χ2v) is 2.67. The summed E-state index contributed by atoms with van der Waals surface area (Å²) in [6, 6.07) is 0. The van der Waals surface area contributed by atoms with E-state index in [9.17, 15) is 0 Å². The fraction of sp³-hybridized carbons (Fsp3) is 0.750. The topological polar surface area (TPSA) is 12.0 Å². The standard InChI is InChI=1S/C4H8NS/c1-4-5-2-3-6-4/h3-5H,2H2,1H3. The van der Waals surface area contributed by atoms with E-state index in [-0.39, 0.29) is 0 Å². The molecule has 1 unspecified atom stereocenters. The van der Waals surface area contributed by atoms with Crippen molar-refractivity contribution < 1.29 is 0 Å². The molecule has 1 rings (SSSR count). The van der Waals surface area contributed by atoms with Crippen molar-refractivity contribution in [3.63, 3.8) is 0 Å². The van der Waals surface area contributed by atoms with E-state index in [4.69, 9.17) is 0 Å². The minimum absolute atomic E-state index is 0.657. The summed E-state index contributed by atoms with van der Waals surface area (Å²) < 4.78 is 0. The van der Waals surface area contributed by atoms with E-state index in [1.54, 1.807) is 0 Å². The molecule has 1 aliphatic rings. The van der Waals surface area contributed by atoms with Crippen molar-refractivity contribution in [2.24, 2.45) is 0 Å². The molecular formula is C4H8NS. The Morgan fingerprint density at radius 2 is 2.83 bits per heavy atom. The highest BCUT2D eigenvalue weighted by Crippen LogP contribution is 2.15. The van der Waals surface area contributed by atoms with E-state index in [2.05, 4.69) is 18.0 Å². The van der Waals surface area contributed by atoms with Crippen LogP contribution in [0.15, 0.2) is 0 Å². The number of rotatable bonds is 0. The van der Waals surface area contributed by atoms with Crippen LogP contribution in [-0.2, 0) is 0 Å². The predicted molar refractivity (Wildman–Crippen MR) is 29.4 cm³/mol. The van der Waals surface area contributed by atoms with Crippen molar-refractivity contribution in [3.05, 3.63) is 5.75 Å². The third-order valence-corrected chi connectivity index (χ3v) is 1.72. The van der Waals surface area contributed by atoms with Gasteiger partial charge in [0.1, 0.15) is 0 Å². The van der Waals surface area contributed by atoms with Gasteiger partial charge in [-0.15, -0.1) is 11.8 Å². The van der Waals surface area contributed by atoms with Gasteiger partial charge in [-0.05, 0) is 6.92 Å². The maximum absolute atomic E-state index is 3.23. The summed E-state index contributed by atoms with van der Waals surface area (Å²) in [5.74, 6) is 2.19. The molecule has 6 heavy (non-hydrogen) atoms. The molecule has 1 atom stereocenters. The van der Waals surface area contributed by atoms with Crippen LogP contribution >= 0.6 is 11.8 Å². The van der Waals surface area contributed by atoms with Gasteiger partial charge < -0.3 is 5.32 Å². The molecule has 0 aliphatic carbocycles. The van der Waals surface area contributed by atoms with Gasteiger partial charge >= 0.3 is 0 Å². The Hall–Kier alpha value is 0.310. The van der Waals surface area contributed by atoms with Gasteiger partial charge in [0.25, 0.3) is 0 Å². The lowest BCUT2D eigenvalue weighted by Gasteiger charge is -1.94. The Bertz CT molecular complexity index is 40.8. The van der Waals surface area contributed by atoms with Crippen LogP contribution in [0.5, 0.6) is 0 Å². The summed E-state index contributed by atoms with van der Waals surface area (Å²) in [5, 5.41) is 3.88. The maximum Gasteiger partial charge on any atom is 0.0507 e. The van der Waals surface area contributed by atoms with Crippen LogP contribution in [0.2, 0.25) is 0 Å². The Morgan fingerprint density at radius 1 is 2.00 bits per heavy atom. The molecule has 1 saturated heterocycles. The third kappa shape index (κ3) is 0.884. The van der Waals surface area contributed by atoms with Gasteiger partial charge in [0.15, 0.2) is 0 Å². The third-order valence-electron chi connectivity index (χ3n) is 0.789. The zero-order valence-corrected chi connectivity index (χ0v) is 4.59. The molecule has 1 fully saturated rings. The fourth-order valence-electron chi connectivity index (χ4n) is 0.455. The first kappa shape index (κ1) is 4.47. The van der Waals surface area contributed by atoms with Crippen LogP contribution in [0.25, 0.3) is 0 Å². The van der Waals surface area contributed by atoms with E-state index in [1.165, 1.54) is 0 Å². The minimum atomic E-state index is 0.657. The molecule has 0 bridgehead atoms. The van der Waals surface area contributed by atoms with Gasteiger partial charge in [-0.2, -0.15) is 0 Å². The normalized spacial score (nSPS) is 34.5. The Balaban J connectivity index is 2.18. The first-order chi connectivity index (χ1) is 2.89. The highest BCUT2D eigenvalue weighted by Gasteiger charge is 2.06. The number of hydrogen-bond donors (Lipinski definition) is 1. The monoisotopic (exact) mass is 102 g/mol. The first-order valence-corrected chi connectivity index (χ1v) is 3.04. The van der Waals surface area contributed by atoms with Crippen LogP contribution in [0.3, 0.4) is 0 Å². The first-order valence-electron chi connectivity index (χ1n) is 2.10. The van der Waals surface area contributed by atoms with Gasteiger partial charge in [0.2, 0.25) is 0 Å². The van der Waals surface area contributed by atoms with Crippen LogP contribution in [0.4, 0.5) is 0 Å². The summed E-state index contributed by atoms with van der Waals surface area (Å²) in [4.78, 5) is 0. The highest BCUT2D eigenvalue weighted by atomic mass is 32.2. The van der Waals surface area contributed by atoms with Crippen LogP contribution in [0.1, 0.15) is 6.92 Å². The lowest BCUT2D eigenvalue weighted by Crippen LogP contribution is -2.14. The predicted octanol–water partition coefficient (Wildman–Crippen LogP) is 0.831. The van der Waals surface area contributed by atoms with E-state index < -0.39 is 0 Å². The lowest BCUT2D eigenvalue weighted by molar-refractivity contribution is 0.774. The Labute approximate surface area is 42.5 Å². The molecule has 0 saturated carbocycles.